The maximum atomic E-state index is 2.33. The van der Waals surface area contributed by atoms with E-state index in [1.54, 1.807) is 11.1 Å². The fraction of sp³-hybridized carbons (Fsp3) is 0.538. The van der Waals surface area contributed by atoms with E-state index in [0.29, 0.717) is 5.41 Å². The molecular weight excluding hydrogens is 156 g/mol. The van der Waals surface area contributed by atoms with Gasteiger partial charge >= 0.3 is 0 Å². The third kappa shape index (κ3) is 1.93. The quantitative estimate of drug-likeness (QED) is 0.559. The van der Waals surface area contributed by atoms with Gasteiger partial charge in [0.1, 0.15) is 0 Å². The van der Waals surface area contributed by atoms with Crippen molar-refractivity contribution < 1.29 is 1.43 Å². The first-order valence-electron chi connectivity index (χ1n) is 5.28. The molecule has 1 aliphatic carbocycles. The molecule has 0 spiro atoms. The molecule has 0 N–H and O–H groups in total. The second kappa shape index (κ2) is 3.95. The molecule has 0 heterocycles. The Balaban J connectivity index is 0.000000531. The molecule has 0 fully saturated rings. The summed E-state index contributed by atoms with van der Waals surface area (Å²) in [5.41, 5.74) is 3.54. The molecule has 0 amide bonds. The van der Waals surface area contributed by atoms with Crippen molar-refractivity contribution in [3.63, 3.8) is 0 Å². The van der Waals surface area contributed by atoms with Gasteiger partial charge in [0.05, 0.1) is 0 Å². The first-order valence-corrected chi connectivity index (χ1v) is 5.28. The van der Waals surface area contributed by atoms with Gasteiger partial charge in [-0.25, -0.2) is 0 Å². The van der Waals surface area contributed by atoms with Crippen LogP contribution in [0.15, 0.2) is 24.3 Å². The van der Waals surface area contributed by atoms with Gasteiger partial charge < -0.3 is 0 Å². The highest BCUT2D eigenvalue weighted by Crippen LogP contribution is 2.37. The second-order valence-corrected chi connectivity index (χ2v) is 4.04. The van der Waals surface area contributed by atoms with Gasteiger partial charge in [-0.2, -0.15) is 0 Å². The molecule has 1 aliphatic rings. The predicted molar refractivity (Wildman–Crippen MR) is 61.3 cm³/mol. The van der Waals surface area contributed by atoms with Crippen LogP contribution in [-0.4, -0.2) is 0 Å². The summed E-state index contributed by atoms with van der Waals surface area (Å²) in [5, 5.41) is 0. The largest absolute Gasteiger partial charge is 0.0683 e. The third-order valence-corrected chi connectivity index (χ3v) is 2.77. The maximum Gasteiger partial charge on any atom is 0 e. The molecule has 0 atom stereocenters. The number of hydrogen-bond acceptors (Lipinski definition) is 0. The molecule has 0 saturated heterocycles. The van der Waals surface area contributed by atoms with Crippen molar-refractivity contribution in [3.8, 4) is 0 Å². The highest BCUT2D eigenvalue weighted by molar-refractivity contribution is 5.37. The van der Waals surface area contributed by atoms with Crippen molar-refractivity contribution in [1.82, 2.24) is 0 Å². The molecule has 0 saturated carbocycles. The van der Waals surface area contributed by atoms with Crippen LogP contribution < -0.4 is 0 Å². The number of benzene rings is 1. The Morgan fingerprint density at radius 2 is 1.77 bits per heavy atom. The van der Waals surface area contributed by atoms with Gasteiger partial charge in [0.2, 0.25) is 0 Å². The van der Waals surface area contributed by atoms with Crippen LogP contribution in [0.25, 0.3) is 0 Å². The second-order valence-electron chi connectivity index (χ2n) is 4.04. The molecule has 13 heavy (non-hydrogen) atoms. The van der Waals surface area contributed by atoms with Crippen molar-refractivity contribution >= 4 is 0 Å². The summed E-state index contributed by atoms with van der Waals surface area (Å²) in [5.74, 6) is 0. The molecule has 0 aromatic heterocycles. The molecule has 1 aromatic carbocycles. The van der Waals surface area contributed by atoms with Gasteiger partial charge in [-0.05, 0) is 29.4 Å². The average molecular weight is 178 g/mol. The molecule has 74 valence electrons. The fourth-order valence-electron chi connectivity index (χ4n) is 1.98. The van der Waals surface area contributed by atoms with Gasteiger partial charge in [0.25, 0.3) is 0 Å². The normalized spacial score (nSPS) is 17.2. The Kier molecular flexibility index (Phi) is 3.13. The first-order chi connectivity index (χ1) is 6.20. The minimum atomic E-state index is 0. The fourth-order valence-corrected chi connectivity index (χ4v) is 1.98. The average Bonchev–Trinajstić information content (AvgIpc) is 2.47. The van der Waals surface area contributed by atoms with Crippen LogP contribution in [0.2, 0.25) is 0 Å². The zero-order chi connectivity index (χ0) is 9.90. The van der Waals surface area contributed by atoms with Gasteiger partial charge in [0, 0.05) is 1.43 Å². The van der Waals surface area contributed by atoms with E-state index in [1.807, 2.05) is 13.8 Å². The van der Waals surface area contributed by atoms with Crippen molar-refractivity contribution in [3.05, 3.63) is 35.4 Å². The summed E-state index contributed by atoms with van der Waals surface area (Å²) >= 11 is 0. The van der Waals surface area contributed by atoms with E-state index in [4.69, 9.17) is 0 Å². The first kappa shape index (κ1) is 10.3. The van der Waals surface area contributed by atoms with E-state index in [0.717, 1.165) is 0 Å². The Morgan fingerprint density at radius 1 is 1.15 bits per heavy atom. The molecule has 0 nitrogen and oxygen atoms in total. The number of hydrogen-bond donors (Lipinski definition) is 0. The maximum absolute atomic E-state index is 2.33. The Labute approximate surface area is 83.5 Å². The number of fused-ring (bicyclic) bond motifs is 1. The summed E-state index contributed by atoms with van der Waals surface area (Å²) in [6.07, 6.45) is 2.58. The lowest BCUT2D eigenvalue weighted by atomic mass is 9.87. The van der Waals surface area contributed by atoms with Gasteiger partial charge in [-0.15, -0.1) is 0 Å². The van der Waals surface area contributed by atoms with Crippen LogP contribution in [0.4, 0.5) is 0 Å². The Bertz CT molecular complexity index is 276. The van der Waals surface area contributed by atoms with E-state index in [-0.39, 0.29) is 1.43 Å². The van der Waals surface area contributed by atoms with Crippen molar-refractivity contribution in [2.24, 2.45) is 0 Å². The molecule has 0 bridgehead atoms. The van der Waals surface area contributed by atoms with Crippen LogP contribution >= 0.6 is 0 Å². The number of aryl methyl sites for hydroxylation is 1. The zero-order valence-electron chi connectivity index (χ0n) is 9.22. The van der Waals surface area contributed by atoms with Gasteiger partial charge in [-0.1, -0.05) is 52.0 Å². The molecule has 0 heteroatoms. The molecule has 1 aromatic rings. The van der Waals surface area contributed by atoms with E-state index in [2.05, 4.69) is 38.1 Å². The lowest BCUT2D eigenvalue weighted by Crippen LogP contribution is -2.11. The van der Waals surface area contributed by atoms with Crippen LogP contribution in [0, 0.1) is 0 Å². The molecule has 0 aliphatic heterocycles. The van der Waals surface area contributed by atoms with Gasteiger partial charge in [-0.3, -0.25) is 0 Å². The van der Waals surface area contributed by atoms with E-state index < -0.39 is 0 Å². The number of rotatable bonds is 0. The molecule has 2 rings (SSSR count). The monoisotopic (exact) mass is 178 g/mol. The highest BCUT2D eigenvalue weighted by Gasteiger charge is 2.28. The topological polar surface area (TPSA) is 0 Å². The lowest BCUT2D eigenvalue weighted by Gasteiger charge is -2.18. The zero-order valence-corrected chi connectivity index (χ0v) is 9.22. The molecule has 0 radical (unpaired) electrons. The Hall–Kier alpha value is -0.780. The van der Waals surface area contributed by atoms with Crippen molar-refractivity contribution in [2.75, 3.05) is 0 Å². The summed E-state index contributed by atoms with van der Waals surface area (Å²) in [6.45, 7) is 8.66. The van der Waals surface area contributed by atoms with Crippen LogP contribution in [0.3, 0.4) is 0 Å². The van der Waals surface area contributed by atoms with Gasteiger partial charge in [0.15, 0.2) is 0 Å². The predicted octanol–water partition coefficient (Wildman–Crippen LogP) is 4.18. The van der Waals surface area contributed by atoms with Crippen LogP contribution in [0.1, 0.15) is 46.7 Å². The van der Waals surface area contributed by atoms with E-state index in [9.17, 15) is 0 Å². The third-order valence-electron chi connectivity index (χ3n) is 2.77. The molecule has 0 unspecified atom stereocenters. The lowest BCUT2D eigenvalue weighted by molar-refractivity contribution is 0.522. The van der Waals surface area contributed by atoms with Crippen LogP contribution in [-0.2, 0) is 11.8 Å². The summed E-state index contributed by atoms with van der Waals surface area (Å²) in [4.78, 5) is 0. The summed E-state index contributed by atoms with van der Waals surface area (Å²) < 4.78 is 0. The smallest absolute Gasteiger partial charge is 0 e. The van der Waals surface area contributed by atoms with Crippen molar-refractivity contribution in [2.45, 2.75) is 46.0 Å². The van der Waals surface area contributed by atoms with E-state index >= 15 is 0 Å². The van der Waals surface area contributed by atoms with Crippen molar-refractivity contribution in [1.29, 1.82) is 0 Å². The SMILES string of the molecule is CC.CC1(C)CCc2ccccc21.[HH]. The summed E-state index contributed by atoms with van der Waals surface area (Å²) in [7, 11) is 0. The van der Waals surface area contributed by atoms with Crippen LogP contribution in [0.5, 0.6) is 0 Å². The standard InChI is InChI=1S/C11H14.C2H6.H2/c1-11(2)8-7-9-5-3-4-6-10(9)11;1-2;/h3-6H,7-8H2,1-2H3;1-2H3;1H. The minimum absolute atomic E-state index is 0. The Morgan fingerprint density at radius 3 is 2.38 bits per heavy atom. The van der Waals surface area contributed by atoms with E-state index in [1.165, 1.54) is 12.8 Å². The minimum Gasteiger partial charge on any atom is -0.0683 e. The molecular formula is C13H22. The summed E-state index contributed by atoms with van der Waals surface area (Å²) in [6, 6.07) is 8.80. The highest BCUT2D eigenvalue weighted by atomic mass is 14.3.